The molecule has 1 amide bonds. The molecule has 0 fully saturated rings. The maximum atomic E-state index is 11.7. The minimum absolute atomic E-state index is 0.00805. The van der Waals surface area contributed by atoms with Gasteiger partial charge in [-0.15, -0.1) is 0 Å². The van der Waals surface area contributed by atoms with Gasteiger partial charge in [-0.25, -0.2) is 4.79 Å². The predicted molar refractivity (Wildman–Crippen MR) is 75.8 cm³/mol. The number of amides is 1. The Bertz CT molecular complexity index is 738. The molecule has 6 nitrogen and oxygen atoms in total. The summed E-state index contributed by atoms with van der Waals surface area (Å²) in [6, 6.07) is 5.53. The monoisotopic (exact) mass is 335 g/mol. The van der Waals surface area contributed by atoms with Crippen molar-refractivity contribution in [2.24, 2.45) is 0 Å². The third-order valence-electron chi connectivity index (χ3n) is 3.35. The topological polar surface area (TPSA) is 86.3 Å². The summed E-state index contributed by atoms with van der Waals surface area (Å²) in [6.07, 6.45) is 0.355. The van der Waals surface area contributed by atoms with E-state index in [0.717, 1.165) is 16.8 Å². The Morgan fingerprint density at radius 1 is 1.50 bits per heavy atom. The van der Waals surface area contributed by atoms with E-state index in [9.17, 15) is 9.59 Å². The number of aromatic amines is 1. The number of fused-ring (bicyclic) bond motifs is 1. The molecule has 2 heterocycles. The van der Waals surface area contributed by atoms with Crippen LogP contribution in [-0.2, 0) is 11.2 Å². The van der Waals surface area contributed by atoms with Crippen LogP contribution in [-0.4, -0.2) is 34.2 Å². The third-order valence-corrected chi connectivity index (χ3v) is 4.12. The van der Waals surface area contributed by atoms with Gasteiger partial charge in [-0.2, -0.15) is 5.10 Å². The van der Waals surface area contributed by atoms with Crippen LogP contribution in [0.25, 0.3) is 11.3 Å². The third kappa shape index (κ3) is 1.82. The summed E-state index contributed by atoms with van der Waals surface area (Å²) in [5, 5.41) is 15.5. The average Bonchev–Trinajstić information content (AvgIpc) is 2.91. The number of H-pyrrole nitrogens is 1. The normalized spacial score (nSPS) is 13.7. The molecule has 102 valence electrons. The van der Waals surface area contributed by atoms with E-state index < -0.39 is 5.97 Å². The first-order valence-electron chi connectivity index (χ1n) is 5.86. The number of hydrogen-bond acceptors (Lipinski definition) is 3. The number of hydrogen-bond donors (Lipinski definition) is 2. The summed E-state index contributed by atoms with van der Waals surface area (Å²) < 4.78 is 0.405. The van der Waals surface area contributed by atoms with Crippen molar-refractivity contribution in [3.05, 3.63) is 33.9 Å². The minimum Gasteiger partial charge on any atom is -0.476 e. The zero-order chi connectivity index (χ0) is 14.4. The molecule has 0 radical (unpaired) electrons. The van der Waals surface area contributed by atoms with Gasteiger partial charge < -0.3 is 10.0 Å². The number of benzene rings is 1. The molecular weight excluding hydrogens is 326 g/mol. The van der Waals surface area contributed by atoms with Gasteiger partial charge in [0.2, 0.25) is 5.91 Å². The second-order valence-electron chi connectivity index (χ2n) is 4.54. The van der Waals surface area contributed by atoms with Gasteiger partial charge in [0.25, 0.3) is 0 Å². The minimum atomic E-state index is -1.08. The molecule has 0 spiro atoms. The Balaban J connectivity index is 2.07. The van der Waals surface area contributed by atoms with E-state index in [1.807, 2.05) is 18.2 Å². The molecule has 2 N–H and O–H groups in total. The van der Waals surface area contributed by atoms with Crippen LogP contribution < -0.4 is 4.90 Å². The van der Waals surface area contributed by atoms with Gasteiger partial charge in [-0.05, 0) is 33.6 Å². The number of nitrogens with one attached hydrogen (secondary N) is 1. The van der Waals surface area contributed by atoms with E-state index in [1.54, 1.807) is 11.9 Å². The number of carboxylic acid groups (broad SMARTS) is 1. The van der Waals surface area contributed by atoms with Crippen LogP contribution >= 0.6 is 15.9 Å². The van der Waals surface area contributed by atoms with Crippen molar-refractivity contribution in [2.75, 3.05) is 11.9 Å². The molecule has 1 aromatic carbocycles. The van der Waals surface area contributed by atoms with Crippen LogP contribution in [0.5, 0.6) is 0 Å². The van der Waals surface area contributed by atoms with E-state index in [2.05, 4.69) is 26.1 Å². The first-order chi connectivity index (χ1) is 9.49. The van der Waals surface area contributed by atoms with Crippen LogP contribution in [0.1, 0.15) is 16.1 Å². The number of likely N-dealkylation sites (N-methyl/N-ethyl adjacent to an activating group) is 1. The van der Waals surface area contributed by atoms with Gasteiger partial charge in [-0.1, -0.05) is 6.07 Å². The Hall–Kier alpha value is -2.15. The predicted octanol–water partition coefficient (Wildman–Crippen LogP) is 2.06. The molecular formula is C13H10BrN3O3. The summed E-state index contributed by atoms with van der Waals surface area (Å²) in [6.45, 7) is 0. The number of carbonyl (C=O) groups is 2. The summed E-state index contributed by atoms with van der Waals surface area (Å²) in [4.78, 5) is 24.3. The lowest BCUT2D eigenvalue weighted by Gasteiger charge is -2.10. The molecule has 7 heteroatoms. The largest absolute Gasteiger partial charge is 0.476 e. The number of carboxylic acids is 1. The maximum absolute atomic E-state index is 11.7. The molecule has 0 atom stereocenters. The Labute approximate surface area is 122 Å². The number of nitrogens with zero attached hydrogens (tertiary/aromatic N) is 2. The van der Waals surface area contributed by atoms with Gasteiger partial charge in [0.05, 0.1) is 10.9 Å². The first-order valence-corrected chi connectivity index (χ1v) is 6.65. The molecule has 3 rings (SSSR count). The molecule has 0 aliphatic carbocycles. The molecule has 2 aromatic rings. The highest BCUT2D eigenvalue weighted by atomic mass is 79.9. The van der Waals surface area contributed by atoms with Crippen molar-refractivity contribution in [2.45, 2.75) is 6.42 Å². The van der Waals surface area contributed by atoms with Crippen LogP contribution in [0.2, 0.25) is 0 Å². The van der Waals surface area contributed by atoms with E-state index in [1.165, 1.54) is 0 Å². The van der Waals surface area contributed by atoms with E-state index in [4.69, 9.17) is 5.11 Å². The van der Waals surface area contributed by atoms with E-state index in [-0.39, 0.29) is 11.6 Å². The first kappa shape index (κ1) is 12.9. The van der Waals surface area contributed by atoms with E-state index in [0.29, 0.717) is 16.6 Å². The van der Waals surface area contributed by atoms with Crippen LogP contribution in [0.3, 0.4) is 0 Å². The number of halogens is 1. The number of carbonyl (C=O) groups excluding carboxylic acids is 1. The zero-order valence-corrected chi connectivity index (χ0v) is 12.1. The average molecular weight is 336 g/mol. The standard InChI is InChI=1S/C13H10BrN3O3/c1-17-8-3-2-6(4-7(8)5-9(17)18)11-10(14)12(13(19)20)16-15-11/h2-4H,5H2,1H3,(H,15,16)(H,19,20). The van der Waals surface area contributed by atoms with Crippen LogP contribution in [0, 0.1) is 0 Å². The second kappa shape index (κ2) is 4.45. The van der Waals surface area contributed by atoms with Crippen LogP contribution in [0.4, 0.5) is 5.69 Å². The fourth-order valence-electron chi connectivity index (χ4n) is 2.28. The summed E-state index contributed by atoms with van der Waals surface area (Å²) in [5.74, 6) is -1.03. The van der Waals surface area contributed by atoms with Gasteiger partial charge in [0.1, 0.15) is 5.69 Å². The van der Waals surface area contributed by atoms with Crippen molar-refractivity contribution >= 4 is 33.5 Å². The summed E-state index contributed by atoms with van der Waals surface area (Å²) >= 11 is 3.24. The molecule has 0 saturated heterocycles. The van der Waals surface area contributed by atoms with Crippen molar-refractivity contribution < 1.29 is 14.7 Å². The van der Waals surface area contributed by atoms with Crippen molar-refractivity contribution in [3.8, 4) is 11.3 Å². The van der Waals surface area contributed by atoms with Crippen molar-refractivity contribution in [1.82, 2.24) is 10.2 Å². The molecule has 0 unspecified atom stereocenters. The second-order valence-corrected chi connectivity index (χ2v) is 5.33. The SMILES string of the molecule is CN1C(=O)Cc2cc(-c3n[nH]c(C(=O)O)c3Br)ccc21. The van der Waals surface area contributed by atoms with Gasteiger partial charge in [-0.3, -0.25) is 9.89 Å². The molecule has 1 aromatic heterocycles. The molecule has 1 aliphatic rings. The number of aromatic carboxylic acids is 1. The highest BCUT2D eigenvalue weighted by molar-refractivity contribution is 9.10. The molecule has 0 bridgehead atoms. The van der Waals surface area contributed by atoms with Gasteiger partial charge in [0, 0.05) is 18.3 Å². The fraction of sp³-hybridized carbons (Fsp3) is 0.154. The lowest BCUT2D eigenvalue weighted by atomic mass is 10.1. The van der Waals surface area contributed by atoms with E-state index >= 15 is 0 Å². The van der Waals surface area contributed by atoms with Crippen molar-refractivity contribution in [1.29, 1.82) is 0 Å². The lowest BCUT2D eigenvalue weighted by molar-refractivity contribution is -0.117. The maximum Gasteiger partial charge on any atom is 0.355 e. The molecule has 1 aliphatic heterocycles. The summed E-state index contributed by atoms with van der Waals surface area (Å²) in [7, 11) is 1.74. The van der Waals surface area contributed by atoms with Crippen molar-refractivity contribution in [3.63, 3.8) is 0 Å². The van der Waals surface area contributed by atoms with Gasteiger partial charge in [0.15, 0.2) is 5.69 Å². The Morgan fingerprint density at radius 3 is 2.90 bits per heavy atom. The fourth-order valence-corrected chi connectivity index (χ4v) is 2.85. The molecule has 0 saturated carbocycles. The lowest BCUT2D eigenvalue weighted by Crippen LogP contribution is -2.20. The highest BCUT2D eigenvalue weighted by Gasteiger charge is 2.25. The zero-order valence-electron chi connectivity index (χ0n) is 10.5. The number of anilines is 1. The molecule has 20 heavy (non-hydrogen) atoms. The van der Waals surface area contributed by atoms with Crippen LogP contribution in [0.15, 0.2) is 22.7 Å². The van der Waals surface area contributed by atoms with Gasteiger partial charge >= 0.3 is 5.97 Å². The summed E-state index contributed by atoms with van der Waals surface area (Å²) in [5.41, 5.74) is 3.09. The Morgan fingerprint density at radius 2 is 2.25 bits per heavy atom. The quantitative estimate of drug-likeness (QED) is 0.879. The smallest absolute Gasteiger partial charge is 0.355 e. The number of rotatable bonds is 2. The Kier molecular flexibility index (Phi) is 2.86. The number of aromatic nitrogens is 2. The highest BCUT2D eigenvalue weighted by Crippen LogP contribution is 2.34.